The molecule has 2 aromatic rings. The van der Waals surface area contributed by atoms with Crippen LogP contribution < -0.4 is 5.32 Å². The predicted molar refractivity (Wildman–Crippen MR) is 85.7 cm³/mol. The van der Waals surface area contributed by atoms with E-state index in [4.69, 9.17) is 0 Å². The zero-order chi connectivity index (χ0) is 15.2. The number of nitrogens with one attached hydrogen (secondary N) is 1. The number of hydrogen-bond acceptors (Lipinski definition) is 2. The molecule has 1 N–H and O–H groups in total. The van der Waals surface area contributed by atoms with E-state index in [0.717, 1.165) is 5.56 Å². The lowest BCUT2D eigenvalue weighted by Gasteiger charge is -2.13. The Balaban J connectivity index is 2.47. The van der Waals surface area contributed by atoms with Crippen molar-refractivity contribution in [2.24, 2.45) is 0 Å². The third kappa shape index (κ3) is 3.89. The van der Waals surface area contributed by atoms with Crippen LogP contribution in [0, 0.1) is 0 Å². The van der Waals surface area contributed by atoms with Crippen LogP contribution in [0.25, 0.3) is 5.70 Å². The van der Waals surface area contributed by atoms with Crippen LogP contribution in [0.1, 0.15) is 19.4 Å². The van der Waals surface area contributed by atoms with Crippen molar-refractivity contribution in [2.75, 3.05) is 0 Å². The van der Waals surface area contributed by atoms with Crippen molar-refractivity contribution in [1.82, 2.24) is 5.32 Å². The number of carbonyl (C=O) groups is 1. The van der Waals surface area contributed by atoms with Gasteiger partial charge in [-0.3, -0.25) is 4.79 Å². The normalized spacial score (nSPS) is 13.2. The molecule has 2 aromatic carbocycles. The van der Waals surface area contributed by atoms with Crippen LogP contribution in [0.5, 0.6) is 0 Å². The number of allylic oxidation sites excluding steroid dienone is 1. The summed E-state index contributed by atoms with van der Waals surface area (Å²) < 4.78 is 12.6. The smallest absolute Gasteiger partial charge is 0.221 e. The van der Waals surface area contributed by atoms with Gasteiger partial charge in [-0.05, 0) is 24.6 Å². The lowest BCUT2D eigenvalue weighted by Crippen LogP contribution is -2.20. The van der Waals surface area contributed by atoms with E-state index < -0.39 is 10.8 Å². The molecule has 1 unspecified atom stereocenters. The van der Waals surface area contributed by atoms with Crippen LogP contribution in [0.2, 0.25) is 0 Å². The molecule has 0 aromatic heterocycles. The van der Waals surface area contributed by atoms with Crippen LogP contribution in [-0.2, 0) is 15.6 Å². The highest BCUT2D eigenvalue weighted by Crippen LogP contribution is 2.22. The number of rotatable bonds is 4. The summed E-state index contributed by atoms with van der Waals surface area (Å²) in [6.45, 7) is 3.23. The molecule has 0 bridgehead atoms. The minimum atomic E-state index is -1.31. The Morgan fingerprint density at radius 2 is 1.43 bits per heavy atom. The standard InChI is InChI=1S/C17H17NO2S/c1-13(21(20)16-11-7-4-8-12-16)17(18-14(2)19)15-9-5-3-6-10-15/h3-12H,1-2H3,(H,18,19)/b17-13+. The fourth-order valence-corrected chi connectivity index (χ4v) is 3.07. The highest BCUT2D eigenvalue weighted by atomic mass is 32.2. The van der Waals surface area contributed by atoms with Gasteiger partial charge in [-0.25, -0.2) is 4.21 Å². The second kappa shape index (κ2) is 6.99. The van der Waals surface area contributed by atoms with Crippen molar-refractivity contribution in [3.8, 4) is 0 Å². The molecule has 0 heterocycles. The van der Waals surface area contributed by atoms with Crippen LogP contribution in [0.4, 0.5) is 0 Å². The Kier molecular flexibility index (Phi) is 5.06. The lowest BCUT2D eigenvalue weighted by molar-refractivity contribution is -0.117. The summed E-state index contributed by atoms with van der Waals surface area (Å²) in [6, 6.07) is 18.7. The topological polar surface area (TPSA) is 46.2 Å². The molecule has 108 valence electrons. The van der Waals surface area contributed by atoms with Gasteiger partial charge in [0.25, 0.3) is 0 Å². The van der Waals surface area contributed by atoms with Crippen molar-refractivity contribution >= 4 is 22.4 Å². The van der Waals surface area contributed by atoms with Crippen molar-refractivity contribution in [3.63, 3.8) is 0 Å². The van der Waals surface area contributed by atoms with E-state index in [1.165, 1.54) is 6.92 Å². The predicted octanol–water partition coefficient (Wildman–Crippen LogP) is 3.32. The quantitative estimate of drug-likeness (QED) is 0.941. The average Bonchev–Trinajstić information content (AvgIpc) is 2.53. The number of amides is 1. The Hall–Kier alpha value is -2.20. The van der Waals surface area contributed by atoms with E-state index in [-0.39, 0.29) is 5.91 Å². The maximum atomic E-state index is 12.6. The second-order valence-corrected chi connectivity index (χ2v) is 6.18. The van der Waals surface area contributed by atoms with E-state index in [1.54, 1.807) is 6.92 Å². The lowest BCUT2D eigenvalue weighted by atomic mass is 10.1. The summed E-state index contributed by atoms with van der Waals surface area (Å²) in [4.78, 5) is 12.8. The van der Waals surface area contributed by atoms with Gasteiger partial charge in [-0.1, -0.05) is 48.5 Å². The van der Waals surface area contributed by atoms with Gasteiger partial charge >= 0.3 is 0 Å². The first-order valence-corrected chi connectivity index (χ1v) is 7.75. The summed E-state index contributed by atoms with van der Waals surface area (Å²) in [5.41, 5.74) is 1.44. The van der Waals surface area contributed by atoms with Gasteiger partial charge in [-0.2, -0.15) is 0 Å². The third-order valence-electron chi connectivity index (χ3n) is 2.95. The second-order valence-electron chi connectivity index (χ2n) is 4.56. The molecule has 1 atom stereocenters. The van der Waals surface area contributed by atoms with Crippen LogP contribution in [-0.4, -0.2) is 10.1 Å². The summed E-state index contributed by atoms with van der Waals surface area (Å²) in [7, 11) is -1.31. The molecular weight excluding hydrogens is 282 g/mol. The van der Waals surface area contributed by atoms with Crippen LogP contribution >= 0.6 is 0 Å². The number of hydrogen-bond donors (Lipinski definition) is 1. The van der Waals surface area contributed by atoms with Crippen LogP contribution in [0.3, 0.4) is 0 Å². The third-order valence-corrected chi connectivity index (χ3v) is 4.41. The summed E-state index contributed by atoms with van der Waals surface area (Å²) >= 11 is 0. The minimum Gasteiger partial charge on any atom is -0.325 e. The van der Waals surface area contributed by atoms with E-state index in [2.05, 4.69) is 5.32 Å². The maximum Gasteiger partial charge on any atom is 0.221 e. The molecule has 0 aliphatic carbocycles. The zero-order valence-electron chi connectivity index (χ0n) is 12.0. The molecule has 2 rings (SSSR count). The van der Waals surface area contributed by atoms with Gasteiger partial charge in [0.2, 0.25) is 5.91 Å². The number of carbonyl (C=O) groups excluding carboxylic acids is 1. The van der Waals surface area contributed by atoms with E-state index in [0.29, 0.717) is 15.5 Å². The van der Waals surface area contributed by atoms with E-state index in [1.807, 2.05) is 60.7 Å². The van der Waals surface area contributed by atoms with Crippen molar-refractivity contribution in [1.29, 1.82) is 0 Å². The summed E-state index contributed by atoms with van der Waals surface area (Å²) in [5, 5.41) is 2.79. The summed E-state index contributed by atoms with van der Waals surface area (Å²) in [6.07, 6.45) is 0. The molecule has 4 heteroatoms. The molecule has 0 radical (unpaired) electrons. The van der Waals surface area contributed by atoms with E-state index >= 15 is 0 Å². The molecule has 3 nitrogen and oxygen atoms in total. The Labute approximate surface area is 127 Å². The van der Waals surface area contributed by atoms with Gasteiger partial charge < -0.3 is 5.32 Å². The molecule has 0 saturated heterocycles. The molecule has 0 fully saturated rings. The van der Waals surface area contributed by atoms with Crippen molar-refractivity contribution in [3.05, 3.63) is 71.1 Å². The Morgan fingerprint density at radius 3 is 1.95 bits per heavy atom. The average molecular weight is 299 g/mol. The van der Waals surface area contributed by atoms with Gasteiger partial charge in [0.1, 0.15) is 0 Å². The highest BCUT2D eigenvalue weighted by Gasteiger charge is 2.14. The first-order chi connectivity index (χ1) is 10.1. The fraction of sp³-hybridized carbons (Fsp3) is 0.118. The summed E-state index contributed by atoms with van der Waals surface area (Å²) in [5.74, 6) is -0.182. The van der Waals surface area contributed by atoms with Gasteiger partial charge in [-0.15, -0.1) is 0 Å². The van der Waals surface area contributed by atoms with Crippen molar-refractivity contribution in [2.45, 2.75) is 18.7 Å². The van der Waals surface area contributed by atoms with Gasteiger partial charge in [0, 0.05) is 16.7 Å². The maximum absolute atomic E-state index is 12.6. The first-order valence-electron chi connectivity index (χ1n) is 6.60. The van der Waals surface area contributed by atoms with Gasteiger partial charge in [0.05, 0.1) is 16.5 Å². The van der Waals surface area contributed by atoms with Crippen LogP contribution in [0.15, 0.2) is 70.5 Å². The fourth-order valence-electron chi connectivity index (χ4n) is 1.96. The first kappa shape index (κ1) is 15.2. The highest BCUT2D eigenvalue weighted by molar-refractivity contribution is 7.89. The SMILES string of the molecule is CC(=O)N/C(=C(\C)S(=O)c1ccccc1)c1ccccc1. The Bertz CT molecular complexity index is 678. The zero-order valence-corrected chi connectivity index (χ0v) is 12.8. The van der Waals surface area contributed by atoms with Gasteiger partial charge in [0.15, 0.2) is 0 Å². The Morgan fingerprint density at radius 1 is 0.905 bits per heavy atom. The monoisotopic (exact) mass is 299 g/mol. The molecular formula is C17H17NO2S. The largest absolute Gasteiger partial charge is 0.325 e. The molecule has 21 heavy (non-hydrogen) atoms. The van der Waals surface area contributed by atoms with E-state index in [9.17, 15) is 9.00 Å². The minimum absolute atomic E-state index is 0.182. The number of benzene rings is 2. The molecule has 0 spiro atoms. The molecule has 0 saturated carbocycles. The van der Waals surface area contributed by atoms with Crippen molar-refractivity contribution < 1.29 is 9.00 Å². The molecule has 1 amide bonds. The molecule has 0 aliphatic rings. The molecule has 0 aliphatic heterocycles.